The van der Waals surface area contributed by atoms with Gasteiger partial charge in [-0.3, -0.25) is 14.5 Å². The van der Waals surface area contributed by atoms with Gasteiger partial charge in [0.2, 0.25) is 5.95 Å². The number of imide groups is 1. The number of benzene rings is 1. The molecule has 2 aliphatic rings. The Morgan fingerprint density at radius 1 is 0.935 bits per heavy atom. The van der Waals surface area contributed by atoms with Crippen molar-refractivity contribution < 1.29 is 14.3 Å². The van der Waals surface area contributed by atoms with Gasteiger partial charge in [0.05, 0.1) is 12.7 Å². The van der Waals surface area contributed by atoms with E-state index in [1.807, 2.05) is 43.0 Å². The predicted octanol–water partition coefficient (Wildman–Crippen LogP) is 2.04. The van der Waals surface area contributed by atoms with Crippen LogP contribution in [0.25, 0.3) is 5.57 Å². The van der Waals surface area contributed by atoms with Crippen molar-refractivity contribution in [3.05, 3.63) is 54.0 Å². The van der Waals surface area contributed by atoms with Crippen LogP contribution in [0.4, 0.5) is 5.95 Å². The molecule has 0 bridgehead atoms. The third-order valence-corrected chi connectivity index (χ3v) is 5.50. The Balaban J connectivity index is 1.64. The molecule has 0 saturated carbocycles. The average Bonchev–Trinajstić information content (AvgIpc) is 3.04. The molecule has 162 valence electrons. The fourth-order valence-electron chi connectivity index (χ4n) is 3.99. The normalized spacial score (nSPS) is 17.2. The van der Waals surface area contributed by atoms with Crippen molar-refractivity contribution >= 4 is 23.3 Å². The summed E-state index contributed by atoms with van der Waals surface area (Å²) in [5.74, 6) is 1.14. The SMILES string of the molecule is COc1ccc(C2=C(N3CCN(c4ncccn4)CC3)C(=O)N(CC(C)C)C2=O)cc1. The van der Waals surface area contributed by atoms with Gasteiger partial charge in [-0.05, 0) is 29.7 Å². The maximum absolute atomic E-state index is 13.4. The maximum Gasteiger partial charge on any atom is 0.277 e. The fourth-order valence-corrected chi connectivity index (χ4v) is 3.99. The Kier molecular flexibility index (Phi) is 5.88. The van der Waals surface area contributed by atoms with Crippen LogP contribution in [0.5, 0.6) is 5.75 Å². The second-order valence-electron chi connectivity index (χ2n) is 8.09. The maximum atomic E-state index is 13.4. The first-order chi connectivity index (χ1) is 15.0. The van der Waals surface area contributed by atoms with E-state index < -0.39 is 0 Å². The van der Waals surface area contributed by atoms with E-state index in [2.05, 4.69) is 14.9 Å². The van der Waals surface area contributed by atoms with E-state index in [9.17, 15) is 9.59 Å². The minimum Gasteiger partial charge on any atom is -0.497 e. The summed E-state index contributed by atoms with van der Waals surface area (Å²) in [6.07, 6.45) is 3.45. The lowest BCUT2D eigenvalue weighted by Crippen LogP contribution is -2.48. The Morgan fingerprint density at radius 3 is 2.13 bits per heavy atom. The van der Waals surface area contributed by atoms with Crippen molar-refractivity contribution in [2.45, 2.75) is 13.8 Å². The fraction of sp³-hybridized carbons (Fsp3) is 0.391. The molecule has 2 amide bonds. The zero-order valence-electron chi connectivity index (χ0n) is 18.1. The number of amides is 2. The lowest BCUT2D eigenvalue weighted by atomic mass is 10.0. The van der Waals surface area contributed by atoms with Crippen LogP contribution in [0.3, 0.4) is 0 Å². The summed E-state index contributed by atoms with van der Waals surface area (Å²) >= 11 is 0. The number of hydrogen-bond acceptors (Lipinski definition) is 7. The van der Waals surface area contributed by atoms with Gasteiger partial charge in [-0.15, -0.1) is 0 Å². The van der Waals surface area contributed by atoms with Crippen molar-refractivity contribution in [1.82, 2.24) is 19.8 Å². The largest absolute Gasteiger partial charge is 0.497 e. The quantitative estimate of drug-likeness (QED) is 0.661. The summed E-state index contributed by atoms with van der Waals surface area (Å²) in [7, 11) is 1.60. The Morgan fingerprint density at radius 2 is 1.55 bits per heavy atom. The van der Waals surface area contributed by atoms with Gasteiger partial charge >= 0.3 is 0 Å². The Hall–Kier alpha value is -3.42. The molecule has 0 atom stereocenters. The number of carbonyl (C=O) groups excluding carboxylic acids is 2. The summed E-state index contributed by atoms with van der Waals surface area (Å²) < 4.78 is 5.24. The lowest BCUT2D eigenvalue weighted by Gasteiger charge is -2.36. The molecule has 1 aromatic heterocycles. The van der Waals surface area contributed by atoms with E-state index in [4.69, 9.17) is 4.74 Å². The van der Waals surface area contributed by atoms with Crippen molar-refractivity contribution in [3.8, 4) is 5.75 Å². The summed E-state index contributed by atoms with van der Waals surface area (Å²) in [5, 5.41) is 0. The van der Waals surface area contributed by atoms with Gasteiger partial charge in [0.1, 0.15) is 11.4 Å². The van der Waals surface area contributed by atoms with Crippen LogP contribution in [0.2, 0.25) is 0 Å². The second-order valence-corrected chi connectivity index (χ2v) is 8.09. The standard InChI is InChI=1S/C23H27N5O3/c1-16(2)15-28-21(29)19(17-5-7-18(31-3)8-6-17)20(22(28)30)26-11-13-27(14-12-26)23-24-9-4-10-25-23/h4-10,16H,11-15H2,1-3H3. The van der Waals surface area contributed by atoms with Gasteiger partial charge < -0.3 is 14.5 Å². The highest BCUT2D eigenvalue weighted by molar-refractivity contribution is 6.35. The second kappa shape index (κ2) is 8.75. The Labute approximate surface area is 182 Å². The number of carbonyl (C=O) groups is 2. The van der Waals surface area contributed by atoms with Gasteiger partial charge in [0.25, 0.3) is 11.8 Å². The molecule has 1 aromatic carbocycles. The first-order valence-corrected chi connectivity index (χ1v) is 10.5. The van der Waals surface area contributed by atoms with Crippen LogP contribution >= 0.6 is 0 Å². The summed E-state index contributed by atoms with van der Waals surface area (Å²) in [6, 6.07) is 9.09. The molecule has 0 unspecified atom stereocenters. The van der Waals surface area contributed by atoms with Crippen LogP contribution in [-0.4, -0.2) is 71.4 Å². The van der Waals surface area contributed by atoms with E-state index in [0.717, 1.165) is 5.56 Å². The molecule has 0 aliphatic carbocycles. The number of ether oxygens (including phenoxy) is 1. The molecule has 4 rings (SSSR count). The number of anilines is 1. The van der Waals surface area contributed by atoms with Gasteiger partial charge in [-0.2, -0.15) is 0 Å². The summed E-state index contributed by atoms with van der Waals surface area (Å²) in [5.41, 5.74) is 1.69. The van der Waals surface area contributed by atoms with Crippen molar-refractivity contribution in [2.24, 2.45) is 5.92 Å². The minimum atomic E-state index is -0.229. The number of aromatic nitrogens is 2. The molecule has 1 fully saturated rings. The molecule has 1 saturated heterocycles. The van der Waals surface area contributed by atoms with Crippen molar-refractivity contribution in [1.29, 1.82) is 0 Å². The zero-order valence-corrected chi connectivity index (χ0v) is 18.1. The topological polar surface area (TPSA) is 78.9 Å². The van der Waals surface area contributed by atoms with Crippen LogP contribution in [0.15, 0.2) is 48.4 Å². The predicted molar refractivity (Wildman–Crippen MR) is 117 cm³/mol. The molecule has 0 spiro atoms. The van der Waals surface area contributed by atoms with Crippen LogP contribution < -0.4 is 9.64 Å². The van der Waals surface area contributed by atoms with E-state index in [1.54, 1.807) is 25.6 Å². The first kappa shape index (κ1) is 20.8. The van der Waals surface area contributed by atoms with Gasteiger partial charge in [0, 0.05) is 45.1 Å². The highest BCUT2D eigenvalue weighted by Crippen LogP contribution is 2.33. The van der Waals surface area contributed by atoms with Gasteiger partial charge in [0.15, 0.2) is 0 Å². The number of nitrogens with zero attached hydrogens (tertiary/aromatic N) is 5. The smallest absolute Gasteiger partial charge is 0.277 e. The van der Waals surface area contributed by atoms with Crippen molar-refractivity contribution in [2.75, 3.05) is 44.7 Å². The van der Waals surface area contributed by atoms with Crippen LogP contribution in [0.1, 0.15) is 19.4 Å². The van der Waals surface area contributed by atoms with Crippen molar-refractivity contribution in [3.63, 3.8) is 0 Å². The molecular formula is C23H27N5O3. The summed E-state index contributed by atoms with van der Waals surface area (Å²) in [4.78, 5) is 40.8. The molecule has 8 nitrogen and oxygen atoms in total. The van der Waals surface area contributed by atoms with E-state index in [-0.39, 0.29) is 17.7 Å². The molecule has 0 N–H and O–H groups in total. The van der Waals surface area contributed by atoms with Gasteiger partial charge in [-0.25, -0.2) is 9.97 Å². The van der Waals surface area contributed by atoms with E-state index in [1.165, 1.54) is 4.90 Å². The third kappa shape index (κ3) is 4.10. The average molecular weight is 422 g/mol. The third-order valence-electron chi connectivity index (χ3n) is 5.50. The number of rotatable bonds is 6. The van der Waals surface area contributed by atoms with E-state index >= 15 is 0 Å². The molecular weight excluding hydrogens is 394 g/mol. The number of hydrogen-bond donors (Lipinski definition) is 0. The molecule has 3 heterocycles. The zero-order chi connectivity index (χ0) is 22.0. The van der Waals surface area contributed by atoms with Crippen LogP contribution in [0, 0.1) is 5.92 Å². The molecule has 0 radical (unpaired) electrons. The van der Waals surface area contributed by atoms with Crippen LogP contribution in [-0.2, 0) is 9.59 Å². The number of piperazine rings is 1. The monoisotopic (exact) mass is 421 g/mol. The number of methoxy groups -OCH3 is 1. The van der Waals surface area contributed by atoms with E-state index in [0.29, 0.717) is 55.7 Å². The highest BCUT2D eigenvalue weighted by Gasteiger charge is 2.42. The first-order valence-electron chi connectivity index (χ1n) is 10.5. The Bertz CT molecular complexity index is 980. The molecule has 2 aliphatic heterocycles. The lowest BCUT2D eigenvalue weighted by molar-refractivity contribution is -0.138. The highest BCUT2D eigenvalue weighted by atomic mass is 16.5. The molecule has 2 aromatic rings. The van der Waals surface area contributed by atoms with Gasteiger partial charge in [-0.1, -0.05) is 26.0 Å². The molecule has 8 heteroatoms. The minimum absolute atomic E-state index is 0.191. The molecule has 31 heavy (non-hydrogen) atoms. The summed E-state index contributed by atoms with van der Waals surface area (Å²) in [6.45, 7) is 6.99.